The van der Waals surface area contributed by atoms with E-state index in [-0.39, 0.29) is 11.9 Å². The summed E-state index contributed by atoms with van der Waals surface area (Å²) in [5.41, 5.74) is 1.03. The molecule has 0 spiro atoms. The SMILES string of the molecule is Cc1nnc2n1C[C@H](NC(=O)c1cnc(-c3ccccc3)s1)CC2. The van der Waals surface area contributed by atoms with Crippen molar-refractivity contribution in [1.82, 2.24) is 25.1 Å². The second-order valence-corrected chi connectivity index (χ2v) is 6.91. The van der Waals surface area contributed by atoms with Crippen LogP contribution in [0.4, 0.5) is 0 Å². The first-order valence-corrected chi connectivity index (χ1v) is 8.73. The van der Waals surface area contributed by atoms with Crippen LogP contribution in [0.15, 0.2) is 36.5 Å². The highest BCUT2D eigenvalue weighted by Gasteiger charge is 2.23. The van der Waals surface area contributed by atoms with E-state index in [2.05, 4.69) is 25.1 Å². The Kier molecular flexibility index (Phi) is 3.86. The Labute approximate surface area is 143 Å². The van der Waals surface area contributed by atoms with Crippen molar-refractivity contribution in [2.45, 2.75) is 32.4 Å². The van der Waals surface area contributed by atoms with E-state index in [9.17, 15) is 4.79 Å². The van der Waals surface area contributed by atoms with Gasteiger partial charge in [0.2, 0.25) is 0 Å². The lowest BCUT2D eigenvalue weighted by Gasteiger charge is -2.24. The Bertz CT molecular complexity index is 870. The number of aryl methyl sites for hydroxylation is 2. The van der Waals surface area contributed by atoms with E-state index < -0.39 is 0 Å². The number of nitrogens with zero attached hydrogens (tertiary/aromatic N) is 4. The normalized spacial score (nSPS) is 16.6. The van der Waals surface area contributed by atoms with E-state index in [4.69, 9.17) is 0 Å². The highest BCUT2D eigenvalue weighted by atomic mass is 32.1. The number of fused-ring (bicyclic) bond motifs is 1. The molecule has 1 aromatic carbocycles. The van der Waals surface area contributed by atoms with Gasteiger partial charge in [-0.3, -0.25) is 4.79 Å². The molecule has 0 fully saturated rings. The fourth-order valence-corrected chi connectivity index (χ4v) is 3.75. The molecule has 3 heterocycles. The van der Waals surface area contributed by atoms with E-state index in [1.165, 1.54) is 11.3 Å². The Hall–Kier alpha value is -2.54. The van der Waals surface area contributed by atoms with Gasteiger partial charge in [-0.05, 0) is 13.3 Å². The maximum Gasteiger partial charge on any atom is 0.263 e. The molecule has 2 aromatic heterocycles. The lowest BCUT2D eigenvalue weighted by molar-refractivity contribution is 0.0931. The number of benzene rings is 1. The number of thiazole rings is 1. The number of hydrogen-bond donors (Lipinski definition) is 1. The molecule has 7 heteroatoms. The first-order valence-electron chi connectivity index (χ1n) is 7.91. The van der Waals surface area contributed by atoms with Crippen molar-refractivity contribution < 1.29 is 4.79 Å². The second-order valence-electron chi connectivity index (χ2n) is 5.88. The molecule has 0 saturated carbocycles. The van der Waals surface area contributed by atoms with Crippen LogP contribution in [0.1, 0.15) is 27.7 Å². The van der Waals surface area contributed by atoms with Crippen molar-refractivity contribution in [3.63, 3.8) is 0 Å². The van der Waals surface area contributed by atoms with Crippen LogP contribution in [-0.4, -0.2) is 31.7 Å². The first-order chi connectivity index (χ1) is 11.7. The monoisotopic (exact) mass is 339 g/mol. The van der Waals surface area contributed by atoms with Gasteiger partial charge in [0.1, 0.15) is 21.5 Å². The Balaban J connectivity index is 1.46. The van der Waals surface area contributed by atoms with Crippen LogP contribution >= 0.6 is 11.3 Å². The van der Waals surface area contributed by atoms with E-state index >= 15 is 0 Å². The topological polar surface area (TPSA) is 72.7 Å². The number of aromatic nitrogens is 4. The standard InChI is InChI=1S/C17H17N5OS/c1-11-20-21-15-8-7-13(10-22(11)15)19-16(23)14-9-18-17(24-14)12-5-3-2-4-6-12/h2-6,9,13H,7-8,10H2,1H3,(H,19,23)/t13-/m1/s1. The molecule has 0 radical (unpaired) electrons. The number of nitrogens with one attached hydrogen (secondary N) is 1. The van der Waals surface area contributed by atoms with Crippen molar-refractivity contribution in [1.29, 1.82) is 0 Å². The number of rotatable bonds is 3. The smallest absolute Gasteiger partial charge is 0.263 e. The van der Waals surface area contributed by atoms with Crippen LogP contribution in [0.5, 0.6) is 0 Å². The number of amides is 1. The molecule has 0 unspecified atom stereocenters. The van der Waals surface area contributed by atoms with E-state index in [0.717, 1.165) is 41.6 Å². The number of carbonyl (C=O) groups is 1. The third kappa shape index (κ3) is 2.82. The minimum absolute atomic E-state index is 0.0612. The first kappa shape index (κ1) is 15.0. The molecule has 6 nitrogen and oxygen atoms in total. The van der Waals surface area contributed by atoms with Crippen LogP contribution in [-0.2, 0) is 13.0 Å². The van der Waals surface area contributed by atoms with Crippen molar-refractivity contribution in [3.05, 3.63) is 53.1 Å². The van der Waals surface area contributed by atoms with Gasteiger partial charge in [0.25, 0.3) is 5.91 Å². The molecular formula is C17H17N5OS. The second kappa shape index (κ2) is 6.16. The maximum atomic E-state index is 12.5. The van der Waals surface area contributed by atoms with Crippen molar-refractivity contribution in [2.24, 2.45) is 0 Å². The number of carbonyl (C=O) groups excluding carboxylic acids is 1. The summed E-state index contributed by atoms with van der Waals surface area (Å²) in [6.07, 6.45) is 3.37. The van der Waals surface area contributed by atoms with Crippen molar-refractivity contribution >= 4 is 17.2 Å². The number of hydrogen-bond acceptors (Lipinski definition) is 5. The third-order valence-corrected chi connectivity index (χ3v) is 5.26. The Morgan fingerprint density at radius 1 is 1.29 bits per heavy atom. The zero-order valence-electron chi connectivity index (χ0n) is 13.3. The van der Waals surface area contributed by atoms with E-state index in [1.807, 2.05) is 37.3 Å². The molecule has 0 aliphatic carbocycles. The molecule has 122 valence electrons. The summed E-state index contributed by atoms with van der Waals surface area (Å²) in [7, 11) is 0. The third-order valence-electron chi connectivity index (χ3n) is 4.22. The quantitative estimate of drug-likeness (QED) is 0.795. The molecule has 3 aromatic rings. The molecule has 1 aliphatic heterocycles. The summed E-state index contributed by atoms with van der Waals surface area (Å²) in [5.74, 6) is 1.84. The summed E-state index contributed by atoms with van der Waals surface area (Å²) in [6.45, 7) is 2.67. The summed E-state index contributed by atoms with van der Waals surface area (Å²) in [6, 6.07) is 10.0. The fourth-order valence-electron chi connectivity index (χ4n) is 2.93. The molecule has 1 aliphatic rings. The van der Waals surface area contributed by atoms with Gasteiger partial charge < -0.3 is 9.88 Å². The predicted octanol–water partition coefficient (Wildman–Crippen LogP) is 2.45. The minimum atomic E-state index is -0.0612. The molecule has 0 saturated heterocycles. The van der Waals surface area contributed by atoms with Gasteiger partial charge in [0, 0.05) is 24.6 Å². The average Bonchev–Trinajstić information content (AvgIpc) is 3.24. The molecular weight excluding hydrogens is 322 g/mol. The highest BCUT2D eigenvalue weighted by Crippen LogP contribution is 2.25. The van der Waals surface area contributed by atoms with Gasteiger partial charge in [-0.2, -0.15) is 0 Å². The Morgan fingerprint density at radius 2 is 2.12 bits per heavy atom. The fraction of sp³-hybridized carbons (Fsp3) is 0.294. The summed E-state index contributed by atoms with van der Waals surface area (Å²) >= 11 is 1.42. The van der Waals surface area contributed by atoms with Gasteiger partial charge >= 0.3 is 0 Å². The average molecular weight is 339 g/mol. The predicted molar refractivity (Wildman–Crippen MR) is 91.9 cm³/mol. The van der Waals surface area contributed by atoms with E-state index in [0.29, 0.717) is 4.88 Å². The van der Waals surface area contributed by atoms with Gasteiger partial charge in [0.05, 0.1) is 6.20 Å². The van der Waals surface area contributed by atoms with Crippen LogP contribution < -0.4 is 5.32 Å². The summed E-state index contributed by atoms with van der Waals surface area (Å²) in [5, 5.41) is 12.2. The molecule has 1 N–H and O–H groups in total. The van der Waals surface area contributed by atoms with Crippen LogP contribution in [0, 0.1) is 6.92 Å². The van der Waals surface area contributed by atoms with Crippen molar-refractivity contribution in [2.75, 3.05) is 0 Å². The van der Waals surface area contributed by atoms with E-state index in [1.54, 1.807) is 6.20 Å². The minimum Gasteiger partial charge on any atom is -0.347 e. The zero-order chi connectivity index (χ0) is 16.5. The summed E-state index contributed by atoms with van der Waals surface area (Å²) < 4.78 is 2.08. The zero-order valence-corrected chi connectivity index (χ0v) is 14.1. The molecule has 0 bridgehead atoms. The van der Waals surface area contributed by atoms with Gasteiger partial charge in [-0.15, -0.1) is 21.5 Å². The Morgan fingerprint density at radius 3 is 2.96 bits per heavy atom. The largest absolute Gasteiger partial charge is 0.347 e. The molecule has 4 rings (SSSR count). The highest BCUT2D eigenvalue weighted by molar-refractivity contribution is 7.16. The summed E-state index contributed by atoms with van der Waals surface area (Å²) in [4.78, 5) is 17.5. The van der Waals surface area contributed by atoms with Gasteiger partial charge in [-0.25, -0.2) is 4.98 Å². The molecule has 1 atom stereocenters. The van der Waals surface area contributed by atoms with Crippen LogP contribution in [0.25, 0.3) is 10.6 Å². The van der Waals surface area contributed by atoms with Crippen LogP contribution in [0.3, 0.4) is 0 Å². The molecule has 24 heavy (non-hydrogen) atoms. The lowest BCUT2D eigenvalue weighted by Crippen LogP contribution is -2.41. The van der Waals surface area contributed by atoms with Gasteiger partial charge in [0.15, 0.2) is 0 Å². The van der Waals surface area contributed by atoms with Crippen molar-refractivity contribution in [3.8, 4) is 10.6 Å². The maximum absolute atomic E-state index is 12.5. The molecule has 1 amide bonds. The van der Waals surface area contributed by atoms with Gasteiger partial charge in [-0.1, -0.05) is 30.3 Å². The lowest BCUT2D eigenvalue weighted by atomic mass is 10.1. The van der Waals surface area contributed by atoms with Crippen LogP contribution in [0.2, 0.25) is 0 Å².